The third kappa shape index (κ3) is 8.61. The third-order valence-corrected chi connectivity index (χ3v) is 6.18. The summed E-state index contributed by atoms with van der Waals surface area (Å²) in [6.07, 6.45) is 5.33. The van der Waals surface area contributed by atoms with Crippen LogP contribution in [-0.4, -0.2) is 49.5 Å². The number of fused-ring (bicyclic) bond motifs is 1. The SMILES string of the molecule is CC(=O)O.Nc1c(N=Nc2ccncc2O)c(S(=O)(=O)O)cc2cc(SOOO)c(N=Nc3cccnc3)c(O)c12.[Cu+]. The Morgan fingerprint density at radius 1 is 1.02 bits per heavy atom. The van der Waals surface area contributed by atoms with Gasteiger partial charge in [0.05, 0.1) is 40.4 Å². The minimum absolute atomic E-state index is 0. The second-order valence-corrected chi connectivity index (χ2v) is 9.64. The molecule has 4 rings (SSSR count). The van der Waals surface area contributed by atoms with Gasteiger partial charge in [-0.25, -0.2) is 5.26 Å². The normalized spacial score (nSPS) is 11.3. The molecule has 7 N–H and O–H groups in total. The summed E-state index contributed by atoms with van der Waals surface area (Å²) in [5.74, 6) is -1.76. The van der Waals surface area contributed by atoms with E-state index in [1.165, 1.54) is 30.7 Å². The summed E-state index contributed by atoms with van der Waals surface area (Å²) in [7, 11) is -4.90. The molecule has 0 aliphatic rings. The Hall–Kier alpha value is -4.27. The molecule has 0 saturated carbocycles. The number of rotatable bonds is 8. The van der Waals surface area contributed by atoms with Crippen molar-refractivity contribution in [3.8, 4) is 11.5 Å². The number of phenols is 1. The van der Waals surface area contributed by atoms with Gasteiger partial charge in [0.15, 0.2) is 11.5 Å². The molecule has 0 atom stereocenters. The van der Waals surface area contributed by atoms with Crippen molar-refractivity contribution >= 4 is 67.3 Å². The van der Waals surface area contributed by atoms with E-state index >= 15 is 0 Å². The van der Waals surface area contributed by atoms with E-state index in [1.54, 1.807) is 12.1 Å². The molecule has 2 heterocycles. The number of aliphatic carboxylic acids is 1. The Morgan fingerprint density at radius 2 is 1.69 bits per heavy atom. The number of carbonyl (C=O) groups is 1. The molecule has 0 unspecified atom stereocenters. The predicted molar refractivity (Wildman–Crippen MR) is 142 cm³/mol. The van der Waals surface area contributed by atoms with Crippen molar-refractivity contribution in [1.82, 2.24) is 9.97 Å². The summed E-state index contributed by atoms with van der Waals surface area (Å²) < 4.78 is 38.6. The number of phenolic OH excluding ortho intramolecular Hbond substituents is 1. The molecule has 0 saturated heterocycles. The van der Waals surface area contributed by atoms with Crippen LogP contribution in [0.15, 0.2) is 85.4 Å². The van der Waals surface area contributed by atoms with Crippen LogP contribution in [0, 0.1) is 0 Å². The minimum Gasteiger partial charge on any atom is -0.505 e. The van der Waals surface area contributed by atoms with Gasteiger partial charge in [0, 0.05) is 19.3 Å². The minimum atomic E-state index is -4.90. The van der Waals surface area contributed by atoms with E-state index in [2.05, 4.69) is 39.8 Å². The molecular weight excluding hydrogens is 650 g/mol. The Morgan fingerprint density at radius 3 is 2.29 bits per heavy atom. The summed E-state index contributed by atoms with van der Waals surface area (Å²) in [6.45, 7) is 1.08. The van der Waals surface area contributed by atoms with Crippen molar-refractivity contribution in [3.63, 3.8) is 0 Å². The number of hydrogen-bond acceptors (Lipinski definition) is 16. The number of pyridine rings is 2. The average molecular weight is 669 g/mol. The Bertz CT molecular complexity index is 1740. The molecule has 0 aliphatic heterocycles. The van der Waals surface area contributed by atoms with Gasteiger partial charge in [0.25, 0.3) is 16.1 Å². The number of anilines is 1. The molecule has 2 aromatic carbocycles. The summed E-state index contributed by atoms with van der Waals surface area (Å²) in [6, 6.07) is 6.77. The number of hydrogen-bond donors (Lipinski definition) is 6. The van der Waals surface area contributed by atoms with E-state index in [1.807, 2.05) is 0 Å². The van der Waals surface area contributed by atoms with Crippen molar-refractivity contribution in [1.29, 1.82) is 0 Å². The van der Waals surface area contributed by atoms with Gasteiger partial charge in [-0.2, -0.15) is 8.42 Å². The predicted octanol–water partition coefficient (Wildman–Crippen LogP) is 5.22. The zero-order chi connectivity index (χ0) is 30.2. The quantitative estimate of drug-likeness (QED) is 0.0267. The van der Waals surface area contributed by atoms with Gasteiger partial charge in [-0.15, -0.1) is 24.8 Å². The topological polar surface area (TPSA) is 272 Å². The van der Waals surface area contributed by atoms with Crippen LogP contribution in [0.5, 0.6) is 11.5 Å². The van der Waals surface area contributed by atoms with Crippen LogP contribution >= 0.6 is 12.0 Å². The molecule has 4 aromatic rings. The fourth-order valence-corrected chi connectivity index (χ4v) is 4.28. The number of nitrogens with two attached hydrogens (primary N) is 1. The summed E-state index contributed by atoms with van der Waals surface area (Å²) >= 11 is 0.414. The number of aromatic hydroxyl groups is 2. The molecule has 42 heavy (non-hydrogen) atoms. The number of carboxylic acids is 1. The van der Waals surface area contributed by atoms with Crippen LogP contribution in [0.4, 0.5) is 28.4 Å². The maximum Gasteiger partial charge on any atom is 1.00 e. The first-order valence-corrected chi connectivity index (χ1v) is 12.9. The smallest absolute Gasteiger partial charge is 0.505 e. The molecule has 0 aliphatic carbocycles. The third-order valence-electron chi connectivity index (χ3n) is 4.69. The van der Waals surface area contributed by atoms with E-state index in [0.717, 1.165) is 19.2 Å². The molecule has 0 fully saturated rings. The zero-order valence-corrected chi connectivity index (χ0v) is 23.4. The fourth-order valence-electron chi connectivity index (χ4n) is 3.11. The number of azo groups is 2. The van der Waals surface area contributed by atoms with E-state index in [9.17, 15) is 23.2 Å². The van der Waals surface area contributed by atoms with E-state index in [4.69, 9.17) is 20.9 Å². The van der Waals surface area contributed by atoms with Crippen molar-refractivity contribution < 1.29 is 64.8 Å². The molecule has 2 aromatic heterocycles. The van der Waals surface area contributed by atoms with Crippen LogP contribution in [0.1, 0.15) is 6.92 Å². The van der Waals surface area contributed by atoms with Gasteiger partial charge in [0.2, 0.25) is 0 Å². The number of benzene rings is 2. The standard InChI is InChI=1S/C20H15N7O8S2.C2H4O2.Cu/c21-17-16-10(7-15(37(31,32)33)19(17)27-25-12-3-5-23-9-13(12)28)6-14(36-35-34-30)18(20(16)29)26-24-11-2-1-4-22-8-11;1-2(3)4;/h1-9,28-30H,21H2,(H,31,32,33);1H3,(H,3,4);/q;;+1. The van der Waals surface area contributed by atoms with Gasteiger partial charge in [-0.3, -0.25) is 19.3 Å². The van der Waals surface area contributed by atoms with Crippen LogP contribution in [0.25, 0.3) is 10.8 Å². The number of aromatic nitrogens is 2. The Kier molecular flexibility index (Phi) is 12.2. The van der Waals surface area contributed by atoms with E-state index in [0.29, 0.717) is 17.7 Å². The van der Waals surface area contributed by atoms with Crippen LogP contribution in [0.3, 0.4) is 0 Å². The monoisotopic (exact) mass is 668 g/mol. The first-order chi connectivity index (χ1) is 19.4. The van der Waals surface area contributed by atoms with E-state index < -0.39 is 38.1 Å². The van der Waals surface area contributed by atoms with E-state index in [-0.39, 0.29) is 49.9 Å². The largest absolute Gasteiger partial charge is 1.00 e. The van der Waals surface area contributed by atoms with Gasteiger partial charge < -0.3 is 21.1 Å². The number of carboxylic acid groups (broad SMARTS) is 1. The molecular formula is C22H19CuN7O10S2+. The first kappa shape index (κ1) is 33.9. The van der Waals surface area contributed by atoms with Gasteiger partial charge in [-0.1, -0.05) is 5.04 Å². The Labute approximate surface area is 251 Å². The summed E-state index contributed by atoms with van der Waals surface area (Å²) in [4.78, 5) is 15.9. The molecule has 17 nitrogen and oxygen atoms in total. The zero-order valence-electron chi connectivity index (χ0n) is 20.9. The average Bonchev–Trinajstić information content (AvgIpc) is 2.91. The van der Waals surface area contributed by atoms with Crippen molar-refractivity contribution in [2.24, 2.45) is 20.5 Å². The maximum atomic E-state index is 12.2. The summed E-state index contributed by atoms with van der Waals surface area (Å²) in [5.41, 5.74) is 5.35. The molecule has 0 amide bonds. The molecule has 0 spiro atoms. The maximum absolute atomic E-state index is 12.2. The van der Waals surface area contributed by atoms with Gasteiger partial charge in [0.1, 0.15) is 27.6 Å². The molecule has 0 bridgehead atoms. The van der Waals surface area contributed by atoms with Crippen molar-refractivity contribution in [2.75, 3.05) is 5.73 Å². The van der Waals surface area contributed by atoms with Gasteiger partial charge >= 0.3 is 17.1 Å². The number of nitrogen functional groups attached to an aromatic ring is 1. The van der Waals surface area contributed by atoms with Crippen molar-refractivity contribution in [3.05, 3.63) is 55.1 Å². The van der Waals surface area contributed by atoms with Crippen molar-refractivity contribution in [2.45, 2.75) is 16.7 Å². The number of nitrogens with zero attached hydrogens (tertiary/aromatic N) is 6. The van der Waals surface area contributed by atoms with Crippen LogP contribution in [-0.2, 0) is 41.4 Å². The molecule has 20 heteroatoms. The van der Waals surface area contributed by atoms with Crippen LogP contribution < -0.4 is 5.73 Å². The fraction of sp³-hybridized carbons (Fsp3) is 0.0455. The molecule has 224 valence electrons. The summed E-state index contributed by atoms with van der Waals surface area (Å²) in [5, 5.41) is 56.0. The Balaban J connectivity index is 0.00000116. The molecule has 0 radical (unpaired) electrons. The first-order valence-electron chi connectivity index (χ1n) is 10.7. The second-order valence-electron chi connectivity index (χ2n) is 7.50. The van der Waals surface area contributed by atoms with Gasteiger partial charge in [-0.05, 0) is 35.7 Å². The second kappa shape index (κ2) is 15.1. The van der Waals surface area contributed by atoms with Crippen LogP contribution in [0.2, 0.25) is 0 Å².